The molecule has 5 nitrogen and oxygen atoms in total. The van der Waals surface area contributed by atoms with E-state index in [4.69, 9.17) is 16.7 Å². The first-order valence-corrected chi connectivity index (χ1v) is 6.34. The molecule has 0 aliphatic carbocycles. The lowest BCUT2D eigenvalue weighted by Crippen LogP contribution is -2.53. The molecule has 0 aromatic heterocycles. The normalized spacial score (nSPS) is 13.4. The number of carbonyl (C=O) groups excluding carboxylic acids is 1. The Bertz CT molecular complexity index is 479. The van der Waals surface area contributed by atoms with Crippen LogP contribution in [0.15, 0.2) is 24.3 Å². The number of anilines is 1. The van der Waals surface area contributed by atoms with E-state index in [-0.39, 0.29) is 0 Å². The molecule has 6 heteroatoms. The number of hydrogen-bond donors (Lipinski definition) is 3. The molecule has 1 aromatic rings. The number of amides is 2. The van der Waals surface area contributed by atoms with Gasteiger partial charge in [-0.2, -0.15) is 0 Å². The van der Waals surface area contributed by atoms with E-state index in [1.807, 2.05) is 6.92 Å². The molecule has 104 valence electrons. The smallest absolute Gasteiger partial charge is 0.329 e. The van der Waals surface area contributed by atoms with Crippen molar-refractivity contribution in [2.45, 2.75) is 32.2 Å². The summed E-state index contributed by atoms with van der Waals surface area (Å²) in [6, 6.07) is 6.15. The van der Waals surface area contributed by atoms with Gasteiger partial charge in [0.25, 0.3) is 0 Å². The maximum atomic E-state index is 11.8. The van der Waals surface area contributed by atoms with Crippen LogP contribution >= 0.6 is 11.6 Å². The van der Waals surface area contributed by atoms with Crippen molar-refractivity contribution >= 4 is 29.3 Å². The van der Waals surface area contributed by atoms with Gasteiger partial charge in [0, 0.05) is 0 Å². The predicted molar refractivity (Wildman–Crippen MR) is 74.6 cm³/mol. The molecule has 0 aliphatic heterocycles. The van der Waals surface area contributed by atoms with Crippen molar-refractivity contribution in [2.24, 2.45) is 0 Å². The van der Waals surface area contributed by atoms with Gasteiger partial charge in [0.1, 0.15) is 5.54 Å². The number of halogens is 1. The van der Waals surface area contributed by atoms with Crippen molar-refractivity contribution in [3.63, 3.8) is 0 Å². The maximum Gasteiger partial charge on any atom is 0.329 e. The van der Waals surface area contributed by atoms with Gasteiger partial charge >= 0.3 is 12.0 Å². The Kier molecular flexibility index (Phi) is 5.18. The minimum atomic E-state index is -1.29. The van der Waals surface area contributed by atoms with Crippen LogP contribution in [0.2, 0.25) is 5.02 Å². The number of rotatable bonds is 5. The van der Waals surface area contributed by atoms with Gasteiger partial charge in [0.05, 0.1) is 10.7 Å². The minimum absolute atomic E-state index is 0.346. The van der Waals surface area contributed by atoms with Gasteiger partial charge in [0.2, 0.25) is 0 Å². The third-order valence-corrected chi connectivity index (χ3v) is 3.06. The van der Waals surface area contributed by atoms with E-state index in [0.717, 1.165) is 0 Å². The highest BCUT2D eigenvalue weighted by Crippen LogP contribution is 2.20. The van der Waals surface area contributed by atoms with Crippen molar-refractivity contribution in [3.8, 4) is 0 Å². The molecular weight excluding hydrogens is 268 g/mol. The first kappa shape index (κ1) is 15.3. The zero-order chi connectivity index (χ0) is 14.5. The van der Waals surface area contributed by atoms with Gasteiger partial charge < -0.3 is 15.7 Å². The van der Waals surface area contributed by atoms with Crippen LogP contribution in [0.4, 0.5) is 10.5 Å². The van der Waals surface area contributed by atoms with Gasteiger partial charge in [-0.1, -0.05) is 37.1 Å². The number of carboxylic acid groups (broad SMARTS) is 1. The van der Waals surface area contributed by atoms with E-state index in [2.05, 4.69) is 10.6 Å². The molecule has 1 atom stereocenters. The SMILES string of the molecule is CCCC(C)(NC(=O)Nc1ccccc1Cl)C(=O)O. The summed E-state index contributed by atoms with van der Waals surface area (Å²) in [6.45, 7) is 3.33. The molecule has 0 radical (unpaired) electrons. The number of aliphatic carboxylic acids is 1. The van der Waals surface area contributed by atoms with Crippen LogP contribution in [0.25, 0.3) is 0 Å². The quantitative estimate of drug-likeness (QED) is 0.777. The average molecular weight is 285 g/mol. The fraction of sp³-hybridized carbons (Fsp3) is 0.385. The van der Waals surface area contributed by atoms with Gasteiger partial charge in [-0.25, -0.2) is 9.59 Å². The maximum absolute atomic E-state index is 11.8. The fourth-order valence-corrected chi connectivity index (χ4v) is 1.87. The molecule has 1 unspecified atom stereocenters. The first-order chi connectivity index (χ1) is 8.89. The van der Waals surface area contributed by atoms with Crippen molar-refractivity contribution in [2.75, 3.05) is 5.32 Å². The van der Waals surface area contributed by atoms with Crippen molar-refractivity contribution in [1.82, 2.24) is 5.32 Å². The van der Waals surface area contributed by atoms with E-state index in [1.54, 1.807) is 24.3 Å². The summed E-state index contributed by atoms with van der Waals surface area (Å²) in [4.78, 5) is 23.0. The lowest BCUT2D eigenvalue weighted by molar-refractivity contribution is -0.143. The van der Waals surface area contributed by atoms with Crippen LogP contribution in [-0.2, 0) is 4.79 Å². The van der Waals surface area contributed by atoms with Crippen molar-refractivity contribution in [1.29, 1.82) is 0 Å². The Labute approximate surface area is 117 Å². The molecule has 0 fully saturated rings. The Balaban J connectivity index is 2.74. The Morgan fingerprint density at radius 1 is 1.37 bits per heavy atom. The first-order valence-electron chi connectivity index (χ1n) is 5.96. The summed E-state index contributed by atoms with van der Waals surface area (Å²) in [5.74, 6) is -1.07. The van der Waals surface area contributed by atoms with E-state index in [0.29, 0.717) is 23.6 Å². The number of hydrogen-bond acceptors (Lipinski definition) is 2. The lowest BCUT2D eigenvalue weighted by Gasteiger charge is -2.25. The van der Waals surface area contributed by atoms with Gasteiger partial charge in [0.15, 0.2) is 0 Å². The highest BCUT2D eigenvalue weighted by Gasteiger charge is 2.33. The van der Waals surface area contributed by atoms with Crippen LogP contribution in [0.3, 0.4) is 0 Å². The summed E-state index contributed by atoms with van der Waals surface area (Å²) in [6.07, 6.45) is 0.994. The largest absolute Gasteiger partial charge is 0.480 e. The number of benzene rings is 1. The summed E-state index contributed by atoms with van der Waals surface area (Å²) >= 11 is 5.90. The second kappa shape index (κ2) is 6.43. The minimum Gasteiger partial charge on any atom is -0.480 e. The van der Waals surface area contributed by atoms with Gasteiger partial charge in [-0.15, -0.1) is 0 Å². The number of carboxylic acids is 1. The standard InChI is InChI=1S/C13H17ClN2O3/c1-3-8-13(2,11(17)18)16-12(19)15-10-7-5-4-6-9(10)14/h4-7H,3,8H2,1-2H3,(H,17,18)(H2,15,16,19). The molecule has 0 bridgehead atoms. The number of carbonyl (C=O) groups is 2. The van der Waals surface area contributed by atoms with Crippen LogP contribution < -0.4 is 10.6 Å². The highest BCUT2D eigenvalue weighted by atomic mass is 35.5. The highest BCUT2D eigenvalue weighted by molar-refractivity contribution is 6.33. The molecule has 2 amide bonds. The number of urea groups is 1. The number of nitrogens with one attached hydrogen (secondary N) is 2. The molecule has 0 saturated heterocycles. The zero-order valence-electron chi connectivity index (χ0n) is 10.9. The predicted octanol–water partition coefficient (Wildman–Crippen LogP) is 3.10. The van der Waals surface area contributed by atoms with Crippen LogP contribution in [0, 0.1) is 0 Å². The third-order valence-electron chi connectivity index (χ3n) is 2.73. The van der Waals surface area contributed by atoms with Crippen molar-refractivity contribution < 1.29 is 14.7 Å². The topological polar surface area (TPSA) is 78.4 Å². The average Bonchev–Trinajstić information content (AvgIpc) is 2.32. The molecule has 3 N–H and O–H groups in total. The van der Waals surface area contributed by atoms with Gasteiger partial charge in [-0.3, -0.25) is 0 Å². The summed E-state index contributed by atoms with van der Waals surface area (Å²) in [5, 5.41) is 14.6. The molecule has 0 saturated carbocycles. The fourth-order valence-electron chi connectivity index (χ4n) is 1.69. The summed E-state index contributed by atoms with van der Waals surface area (Å²) < 4.78 is 0. The van der Waals surface area contributed by atoms with Gasteiger partial charge in [-0.05, 0) is 25.5 Å². The van der Waals surface area contributed by atoms with E-state index in [1.165, 1.54) is 6.92 Å². The zero-order valence-corrected chi connectivity index (χ0v) is 11.6. The van der Waals surface area contributed by atoms with Crippen LogP contribution in [0.1, 0.15) is 26.7 Å². The lowest BCUT2D eigenvalue weighted by atomic mass is 9.97. The second-order valence-electron chi connectivity index (χ2n) is 4.45. The molecular formula is C13H17ClN2O3. The number of para-hydroxylation sites is 1. The molecule has 1 rings (SSSR count). The molecule has 1 aromatic carbocycles. The molecule has 0 heterocycles. The van der Waals surface area contributed by atoms with E-state index < -0.39 is 17.5 Å². The Morgan fingerprint density at radius 2 is 2.00 bits per heavy atom. The molecule has 19 heavy (non-hydrogen) atoms. The van der Waals surface area contributed by atoms with Crippen molar-refractivity contribution in [3.05, 3.63) is 29.3 Å². The molecule has 0 aliphatic rings. The summed E-state index contributed by atoms with van der Waals surface area (Å²) in [5.41, 5.74) is -0.856. The monoisotopic (exact) mass is 284 g/mol. The van der Waals surface area contributed by atoms with Crippen LogP contribution in [-0.4, -0.2) is 22.6 Å². The van der Waals surface area contributed by atoms with Crippen LogP contribution in [0.5, 0.6) is 0 Å². The van der Waals surface area contributed by atoms with E-state index >= 15 is 0 Å². The third kappa shape index (κ3) is 4.13. The Morgan fingerprint density at radius 3 is 2.53 bits per heavy atom. The summed E-state index contributed by atoms with van der Waals surface area (Å²) in [7, 11) is 0. The second-order valence-corrected chi connectivity index (χ2v) is 4.85. The van der Waals surface area contributed by atoms with E-state index in [9.17, 15) is 9.59 Å². The Hall–Kier alpha value is -1.75. The molecule has 0 spiro atoms.